The van der Waals surface area contributed by atoms with E-state index in [4.69, 9.17) is 16.3 Å². The first-order valence-electron chi connectivity index (χ1n) is 11.8. The zero-order chi connectivity index (χ0) is 23.1. The Hall–Kier alpha value is -1.91. The number of carbonyl (C=O) groups excluding carboxylic acids is 1. The molecule has 1 fully saturated rings. The number of hydrogen-bond acceptors (Lipinski definition) is 3. The first kappa shape index (κ1) is 24.7. The van der Waals surface area contributed by atoms with E-state index in [2.05, 4.69) is 11.8 Å². The monoisotopic (exact) mass is 459 g/mol. The minimum Gasteiger partial charge on any atom is -0.462 e. The molecule has 2 aromatic carbocycles. The van der Waals surface area contributed by atoms with Crippen LogP contribution in [0.4, 0.5) is 4.39 Å². The Kier molecular flexibility index (Phi) is 9.12. The van der Waals surface area contributed by atoms with Gasteiger partial charge in [-0.25, -0.2) is 4.39 Å². The number of ether oxygens (including phenoxy) is 1. The molecule has 0 aliphatic heterocycles. The highest BCUT2D eigenvalue weighted by Gasteiger charge is 2.33. The van der Waals surface area contributed by atoms with E-state index in [0.29, 0.717) is 10.9 Å². The van der Waals surface area contributed by atoms with Crippen molar-refractivity contribution in [1.29, 1.82) is 0 Å². The van der Waals surface area contributed by atoms with Crippen molar-refractivity contribution in [1.82, 2.24) is 4.90 Å². The van der Waals surface area contributed by atoms with E-state index in [0.717, 1.165) is 56.1 Å². The predicted molar refractivity (Wildman–Crippen MR) is 128 cm³/mol. The van der Waals surface area contributed by atoms with Crippen molar-refractivity contribution in [2.45, 2.75) is 69.9 Å². The molecule has 1 aliphatic carbocycles. The maximum Gasteiger partial charge on any atom is 0.313 e. The van der Waals surface area contributed by atoms with E-state index in [-0.39, 0.29) is 29.9 Å². The Balaban J connectivity index is 1.62. The van der Waals surface area contributed by atoms with Crippen molar-refractivity contribution >= 4 is 17.6 Å². The molecule has 0 amide bonds. The van der Waals surface area contributed by atoms with Gasteiger partial charge in [0.15, 0.2) is 0 Å². The molecule has 1 saturated carbocycles. The lowest BCUT2D eigenvalue weighted by molar-refractivity contribution is -0.153. The molecule has 2 unspecified atom stereocenters. The van der Waals surface area contributed by atoms with Crippen molar-refractivity contribution < 1.29 is 13.9 Å². The van der Waals surface area contributed by atoms with Crippen LogP contribution in [0, 0.1) is 11.7 Å². The van der Waals surface area contributed by atoms with Gasteiger partial charge in [-0.05, 0) is 87.5 Å². The average molecular weight is 460 g/mol. The van der Waals surface area contributed by atoms with Crippen LogP contribution < -0.4 is 0 Å². The Morgan fingerprint density at radius 3 is 2.38 bits per heavy atom. The Labute approximate surface area is 196 Å². The summed E-state index contributed by atoms with van der Waals surface area (Å²) in [6.07, 6.45) is 6.35. The third-order valence-electron chi connectivity index (χ3n) is 6.60. The summed E-state index contributed by atoms with van der Waals surface area (Å²) >= 11 is 6.03. The number of rotatable bonds is 9. The summed E-state index contributed by atoms with van der Waals surface area (Å²) in [5.41, 5.74) is 1.98. The molecule has 1 aliphatic rings. The number of carbonyl (C=O) groups is 1. The molecule has 0 radical (unpaired) electrons. The molecule has 0 N–H and O–H groups in total. The molecule has 3 rings (SSSR count). The van der Waals surface area contributed by atoms with Crippen LogP contribution in [0.1, 0.15) is 75.0 Å². The molecule has 0 aromatic heterocycles. The van der Waals surface area contributed by atoms with Gasteiger partial charge < -0.3 is 9.64 Å². The third kappa shape index (κ3) is 6.55. The molecular formula is C27H35ClFNO2. The van der Waals surface area contributed by atoms with Crippen LogP contribution in [-0.4, -0.2) is 31.1 Å². The van der Waals surface area contributed by atoms with Crippen molar-refractivity contribution in [2.75, 3.05) is 14.1 Å². The number of hydrogen-bond donors (Lipinski definition) is 0. The second kappa shape index (κ2) is 11.8. The van der Waals surface area contributed by atoms with E-state index >= 15 is 0 Å². The fourth-order valence-electron chi connectivity index (χ4n) is 4.98. The topological polar surface area (TPSA) is 29.5 Å². The number of nitrogens with zero attached hydrogens (tertiary/aromatic N) is 1. The maximum atomic E-state index is 13.8. The second-order valence-electron chi connectivity index (χ2n) is 9.18. The highest BCUT2D eigenvalue weighted by molar-refractivity contribution is 6.30. The average Bonchev–Trinajstić information content (AvgIpc) is 2.76. The molecule has 32 heavy (non-hydrogen) atoms. The summed E-state index contributed by atoms with van der Waals surface area (Å²) < 4.78 is 19.8. The molecule has 0 heterocycles. The predicted octanol–water partition coefficient (Wildman–Crippen LogP) is 7.16. The smallest absolute Gasteiger partial charge is 0.313 e. The molecule has 2 aromatic rings. The molecule has 3 nitrogen and oxygen atoms in total. The van der Waals surface area contributed by atoms with E-state index < -0.39 is 0 Å². The number of benzene rings is 2. The Morgan fingerprint density at radius 1 is 1.09 bits per heavy atom. The molecular weight excluding hydrogens is 425 g/mol. The van der Waals surface area contributed by atoms with Gasteiger partial charge in [0.1, 0.15) is 11.9 Å². The number of esters is 1. The lowest BCUT2D eigenvalue weighted by Crippen LogP contribution is -2.33. The molecule has 0 saturated heterocycles. The summed E-state index contributed by atoms with van der Waals surface area (Å²) in [5.74, 6) is -0.156. The molecule has 5 heteroatoms. The third-order valence-corrected chi connectivity index (χ3v) is 6.85. The summed E-state index contributed by atoms with van der Waals surface area (Å²) in [6.45, 7) is 2.13. The molecule has 0 bridgehead atoms. The van der Waals surface area contributed by atoms with E-state index in [1.807, 2.05) is 44.4 Å². The van der Waals surface area contributed by atoms with Crippen LogP contribution in [0.15, 0.2) is 48.5 Å². The maximum absolute atomic E-state index is 13.8. The largest absolute Gasteiger partial charge is 0.462 e. The minimum absolute atomic E-state index is 0.0505. The highest BCUT2D eigenvalue weighted by atomic mass is 35.5. The zero-order valence-electron chi connectivity index (χ0n) is 19.4. The lowest BCUT2D eigenvalue weighted by atomic mass is 9.79. The Bertz CT molecular complexity index is 862. The minimum atomic E-state index is -0.244. The van der Waals surface area contributed by atoms with E-state index in [1.165, 1.54) is 6.07 Å². The summed E-state index contributed by atoms with van der Waals surface area (Å²) in [4.78, 5) is 15.3. The summed E-state index contributed by atoms with van der Waals surface area (Å²) in [5, 5.41) is 0.670. The van der Waals surface area contributed by atoms with Crippen molar-refractivity contribution in [3.63, 3.8) is 0 Å². The van der Waals surface area contributed by atoms with Crippen molar-refractivity contribution in [2.24, 2.45) is 5.92 Å². The van der Waals surface area contributed by atoms with Gasteiger partial charge in [0, 0.05) is 11.1 Å². The van der Waals surface area contributed by atoms with Crippen molar-refractivity contribution in [3.05, 3.63) is 70.5 Å². The zero-order valence-corrected chi connectivity index (χ0v) is 20.2. The SMILES string of the molecule is CCCCC(C(=O)OC1CCC(C(c2cccc(F)c2)N(C)C)CC1)c1ccc(Cl)cc1. The van der Waals surface area contributed by atoms with Crippen LogP contribution in [0.3, 0.4) is 0 Å². The fourth-order valence-corrected chi connectivity index (χ4v) is 5.10. The van der Waals surface area contributed by atoms with E-state index in [9.17, 15) is 9.18 Å². The number of halogens is 2. The van der Waals surface area contributed by atoms with Gasteiger partial charge in [-0.2, -0.15) is 0 Å². The molecule has 174 valence electrons. The van der Waals surface area contributed by atoms with Gasteiger partial charge in [-0.15, -0.1) is 0 Å². The van der Waals surface area contributed by atoms with Crippen LogP contribution >= 0.6 is 11.6 Å². The Morgan fingerprint density at radius 2 is 1.78 bits per heavy atom. The first-order valence-corrected chi connectivity index (χ1v) is 12.1. The standard InChI is InChI=1S/C27H35ClFNO2/c1-4-5-9-25(19-10-14-22(28)15-11-19)27(31)32-24-16-12-20(13-17-24)26(30(2)3)21-7-6-8-23(29)18-21/h6-8,10-11,14-15,18,20,24-26H,4-5,9,12-13,16-17H2,1-3H3. The van der Waals surface area contributed by atoms with Crippen LogP contribution in [0.2, 0.25) is 5.02 Å². The van der Waals surface area contributed by atoms with Crippen molar-refractivity contribution in [3.8, 4) is 0 Å². The number of unbranched alkanes of at least 4 members (excludes halogenated alkanes) is 1. The summed E-state index contributed by atoms with van der Waals surface area (Å²) in [7, 11) is 4.10. The van der Waals surface area contributed by atoms with Gasteiger partial charge in [-0.3, -0.25) is 4.79 Å². The van der Waals surface area contributed by atoms with Gasteiger partial charge in [0.05, 0.1) is 5.92 Å². The highest BCUT2D eigenvalue weighted by Crippen LogP contribution is 2.39. The second-order valence-corrected chi connectivity index (χ2v) is 9.62. The van der Waals surface area contributed by atoms with Crippen LogP contribution in [0.25, 0.3) is 0 Å². The summed E-state index contributed by atoms with van der Waals surface area (Å²) in [6, 6.07) is 14.6. The van der Waals surface area contributed by atoms with Gasteiger partial charge >= 0.3 is 5.97 Å². The quantitative estimate of drug-likeness (QED) is 0.372. The van der Waals surface area contributed by atoms with Gasteiger partial charge in [-0.1, -0.05) is 55.6 Å². The normalized spacial score (nSPS) is 20.7. The first-order chi connectivity index (χ1) is 15.4. The fraction of sp³-hybridized carbons (Fsp3) is 0.519. The van der Waals surface area contributed by atoms with E-state index in [1.54, 1.807) is 12.1 Å². The molecule has 0 spiro atoms. The van der Waals surface area contributed by atoms with Gasteiger partial charge in [0.25, 0.3) is 0 Å². The van der Waals surface area contributed by atoms with Gasteiger partial charge in [0.2, 0.25) is 0 Å². The van der Waals surface area contributed by atoms with Crippen LogP contribution in [0.5, 0.6) is 0 Å². The van der Waals surface area contributed by atoms with Crippen LogP contribution in [-0.2, 0) is 9.53 Å². The molecule has 2 atom stereocenters. The lowest BCUT2D eigenvalue weighted by Gasteiger charge is -2.37.